The van der Waals surface area contributed by atoms with Crippen molar-refractivity contribution < 1.29 is 0 Å². The summed E-state index contributed by atoms with van der Waals surface area (Å²) in [6.07, 6.45) is 2.28. The van der Waals surface area contributed by atoms with Gasteiger partial charge in [-0.15, -0.1) is 35.3 Å². The number of nitrogens with one attached hydrogen (secondary N) is 2. The molecule has 1 aliphatic heterocycles. The molecule has 0 atom stereocenters. The van der Waals surface area contributed by atoms with Crippen molar-refractivity contribution >= 4 is 46.3 Å². The fourth-order valence-electron chi connectivity index (χ4n) is 3.74. The van der Waals surface area contributed by atoms with Crippen molar-refractivity contribution in [2.75, 3.05) is 38.1 Å². The number of benzene rings is 1. The molecule has 0 spiro atoms. The molecule has 1 aliphatic rings. The Kier molecular flexibility index (Phi) is 11.0. The Labute approximate surface area is 203 Å². The van der Waals surface area contributed by atoms with Gasteiger partial charge >= 0.3 is 0 Å². The smallest absolute Gasteiger partial charge is 0.191 e. The summed E-state index contributed by atoms with van der Waals surface area (Å²) in [6, 6.07) is 13.8. The van der Waals surface area contributed by atoms with Crippen molar-refractivity contribution in [2.45, 2.75) is 45.8 Å². The minimum Gasteiger partial charge on any atom is -0.363 e. The fourth-order valence-corrected chi connectivity index (χ4v) is 4.52. The predicted octanol–water partition coefficient (Wildman–Crippen LogP) is 4.54. The van der Waals surface area contributed by atoms with E-state index in [1.54, 1.807) is 0 Å². The van der Waals surface area contributed by atoms with Gasteiger partial charge in [-0.3, -0.25) is 9.89 Å². The lowest BCUT2D eigenvalue weighted by molar-refractivity contribution is 0.296. The third-order valence-corrected chi connectivity index (χ3v) is 6.59. The van der Waals surface area contributed by atoms with Crippen LogP contribution in [0.2, 0.25) is 0 Å². The Morgan fingerprint density at radius 1 is 1.10 bits per heavy atom. The largest absolute Gasteiger partial charge is 0.363 e. The molecule has 2 heterocycles. The topological polar surface area (TPSA) is 42.9 Å². The van der Waals surface area contributed by atoms with Crippen LogP contribution in [0.3, 0.4) is 0 Å². The van der Waals surface area contributed by atoms with Gasteiger partial charge in [-0.2, -0.15) is 0 Å². The second kappa shape index (κ2) is 13.2. The molecular weight excluding hydrogens is 505 g/mol. The van der Waals surface area contributed by atoms with Gasteiger partial charge in [0.15, 0.2) is 5.96 Å². The maximum absolute atomic E-state index is 4.42. The molecule has 1 saturated heterocycles. The summed E-state index contributed by atoms with van der Waals surface area (Å²) in [6.45, 7) is 10.6. The lowest BCUT2D eigenvalue weighted by atomic mass is 10.1. The summed E-state index contributed by atoms with van der Waals surface area (Å²) >= 11 is 1.83. The van der Waals surface area contributed by atoms with Crippen molar-refractivity contribution in [1.82, 2.24) is 15.5 Å². The maximum Gasteiger partial charge on any atom is 0.191 e. The molecule has 0 amide bonds. The maximum atomic E-state index is 4.42. The zero-order valence-electron chi connectivity index (χ0n) is 18.4. The third-order valence-electron chi connectivity index (χ3n) is 5.66. The first kappa shape index (κ1) is 24.9. The molecule has 30 heavy (non-hydrogen) atoms. The Morgan fingerprint density at radius 2 is 1.77 bits per heavy atom. The zero-order valence-corrected chi connectivity index (χ0v) is 21.6. The average molecular weight is 542 g/mol. The van der Waals surface area contributed by atoms with Crippen LogP contribution in [0.1, 0.15) is 37.8 Å². The van der Waals surface area contributed by atoms with E-state index >= 15 is 0 Å². The van der Waals surface area contributed by atoms with Crippen molar-refractivity contribution in [2.24, 2.45) is 4.99 Å². The summed E-state index contributed by atoms with van der Waals surface area (Å²) in [5.41, 5.74) is 2.65. The minimum atomic E-state index is 0. The van der Waals surface area contributed by atoms with E-state index in [0.717, 1.165) is 58.1 Å². The highest BCUT2D eigenvalue weighted by Crippen LogP contribution is 2.24. The number of halogens is 1. The van der Waals surface area contributed by atoms with Crippen LogP contribution in [-0.2, 0) is 13.1 Å². The van der Waals surface area contributed by atoms with Crippen LogP contribution in [0.15, 0.2) is 46.8 Å². The predicted molar refractivity (Wildman–Crippen MR) is 141 cm³/mol. The molecule has 2 N–H and O–H groups in total. The molecule has 3 rings (SSSR count). The van der Waals surface area contributed by atoms with Crippen LogP contribution in [0.4, 0.5) is 5.00 Å². The second-order valence-corrected chi connectivity index (χ2v) is 8.49. The van der Waals surface area contributed by atoms with E-state index < -0.39 is 0 Å². The van der Waals surface area contributed by atoms with Gasteiger partial charge in [-0.1, -0.05) is 38.1 Å². The van der Waals surface area contributed by atoms with Gasteiger partial charge in [0.1, 0.15) is 0 Å². The molecule has 1 fully saturated rings. The molecule has 0 saturated carbocycles. The van der Waals surface area contributed by atoms with Gasteiger partial charge in [0.2, 0.25) is 0 Å². The highest BCUT2D eigenvalue weighted by molar-refractivity contribution is 14.0. The summed E-state index contributed by atoms with van der Waals surface area (Å²) < 4.78 is 0. The van der Waals surface area contributed by atoms with E-state index in [2.05, 4.69) is 81.1 Å². The van der Waals surface area contributed by atoms with Gasteiger partial charge in [0.25, 0.3) is 0 Å². The number of piperidine rings is 1. The molecule has 7 heteroatoms. The van der Waals surface area contributed by atoms with E-state index in [-0.39, 0.29) is 24.0 Å². The molecule has 166 valence electrons. The molecule has 1 aromatic heterocycles. The first-order valence-electron chi connectivity index (χ1n) is 10.8. The van der Waals surface area contributed by atoms with E-state index in [4.69, 9.17) is 0 Å². The van der Waals surface area contributed by atoms with Gasteiger partial charge < -0.3 is 15.5 Å². The highest BCUT2D eigenvalue weighted by atomic mass is 127. The molecule has 0 unspecified atom stereocenters. The molecule has 0 bridgehead atoms. The van der Waals surface area contributed by atoms with Crippen LogP contribution in [0.5, 0.6) is 0 Å². The number of guanidine groups is 1. The Balaban J connectivity index is 0.00000320. The number of rotatable bonds is 8. The van der Waals surface area contributed by atoms with Gasteiger partial charge in [0, 0.05) is 39.3 Å². The van der Waals surface area contributed by atoms with E-state index in [9.17, 15) is 0 Å². The van der Waals surface area contributed by atoms with Crippen molar-refractivity contribution in [3.05, 3.63) is 52.9 Å². The van der Waals surface area contributed by atoms with E-state index in [1.165, 1.54) is 16.1 Å². The Morgan fingerprint density at radius 3 is 2.33 bits per heavy atom. The number of hydrogen-bond acceptors (Lipinski definition) is 4. The highest BCUT2D eigenvalue weighted by Gasteiger charge is 2.20. The van der Waals surface area contributed by atoms with Gasteiger partial charge in [0.05, 0.1) is 5.00 Å². The van der Waals surface area contributed by atoms with E-state index in [0.29, 0.717) is 6.04 Å². The third kappa shape index (κ3) is 7.42. The zero-order chi connectivity index (χ0) is 20.5. The second-order valence-electron chi connectivity index (χ2n) is 7.56. The minimum absolute atomic E-state index is 0. The lowest BCUT2D eigenvalue weighted by Gasteiger charge is -2.33. The molecule has 1 aromatic carbocycles. The average Bonchev–Trinajstić information content (AvgIpc) is 3.31. The first-order valence-corrected chi connectivity index (χ1v) is 11.7. The molecule has 0 radical (unpaired) electrons. The van der Waals surface area contributed by atoms with Crippen LogP contribution in [0.25, 0.3) is 0 Å². The summed E-state index contributed by atoms with van der Waals surface area (Å²) in [5.74, 6) is 0.895. The normalized spacial score (nSPS) is 15.2. The lowest BCUT2D eigenvalue weighted by Crippen LogP contribution is -2.48. The number of aliphatic imine (C=N–C) groups is 1. The standard InChI is InChI=1S/C23H35N5S.HI/c1-4-27(5-2)18-20-10-8-19(9-11-20)17-25-23(24-3)26-21-12-14-28(15-13-21)22-7-6-16-29-22;/h6-11,16,21H,4-5,12-15,17-18H2,1-3H3,(H2,24,25,26);1H. The molecular formula is C23H36IN5S. The first-order chi connectivity index (χ1) is 14.2. The van der Waals surface area contributed by atoms with Crippen LogP contribution >= 0.6 is 35.3 Å². The Bertz CT molecular complexity index is 735. The SMILES string of the molecule is CCN(CC)Cc1ccc(CNC(=NC)NC2CCN(c3cccs3)CC2)cc1.I. The quantitative estimate of drug-likeness (QED) is 0.293. The number of nitrogens with zero attached hydrogens (tertiary/aromatic N) is 3. The monoisotopic (exact) mass is 541 g/mol. The van der Waals surface area contributed by atoms with Crippen molar-refractivity contribution in [1.29, 1.82) is 0 Å². The van der Waals surface area contributed by atoms with E-state index in [1.807, 2.05) is 18.4 Å². The van der Waals surface area contributed by atoms with Crippen LogP contribution in [-0.4, -0.2) is 50.1 Å². The van der Waals surface area contributed by atoms with Crippen LogP contribution in [0, 0.1) is 0 Å². The molecule has 5 nitrogen and oxygen atoms in total. The fraction of sp³-hybridized carbons (Fsp3) is 0.522. The number of anilines is 1. The Hall–Kier alpha value is -1.32. The van der Waals surface area contributed by atoms with Crippen LogP contribution < -0.4 is 15.5 Å². The summed E-state index contributed by atoms with van der Waals surface area (Å²) in [5, 5.41) is 10.6. The molecule has 0 aliphatic carbocycles. The number of thiophene rings is 1. The van der Waals surface area contributed by atoms with Gasteiger partial charge in [-0.25, -0.2) is 0 Å². The molecule has 2 aromatic rings. The summed E-state index contributed by atoms with van der Waals surface area (Å²) in [4.78, 5) is 9.34. The summed E-state index contributed by atoms with van der Waals surface area (Å²) in [7, 11) is 1.85. The van der Waals surface area contributed by atoms with Crippen molar-refractivity contribution in [3.63, 3.8) is 0 Å². The number of hydrogen-bond donors (Lipinski definition) is 2. The van der Waals surface area contributed by atoms with Gasteiger partial charge in [-0.05, 0) is 54.6 Å². The van der Waals surface area contributed by atoms with Crippen molar-refractivity contribution in [3.8, 4) is 0 Å².